The van der Waals surface area contributed by atoms with E-state index in [0.717, 1.165) is 17.5 Å². The quantitative estimate of drug-likeness (QED) is 0.735. The number of nitrogen functional groups attached to an aromatic ring is 1. The molecule has 2 N–H and O–H groups in total. The second kappa shape index (κ2) is 5.17. The van der Waals surface area contributed by atoms with Gasteiger partial charge in [0.2, 0.25) is 5.82 Å². The Morgan fingerprint density at radius 2 is 1.85 bits per heavy atom. The van der Waals surface area contributed by atoms with Crippen LogP contribution in [-0.2, 0) is 6.42 Å². The lowest BCUT2D eigenvalue weighted by molar-refractivity contribution is 0.432. The van der Waals surface area contributed by atoms with Gasteiger partial charge in [0.15, 0.2) is 0 Å². The van der Waals surface area contributed by atoms with Crippen molar-refractivity contribution < 1.29 is 4.52 Å². The summed E-state index contributed by atoms with van der Waals surface area (Å²) < 4.78 is 5.32. The van der Waals surface area contributed by atoms with E-state index in [2.05, 4.69) is 29.2 Å². The van der Waals surface area contributed by atoms with Gasteiger partial charge in [0.05, 0.1) is 0 Å². The monoisotopic (exact) mass is 265 g/mol. The Kier molecular flexibility index (Phi) is 3.21. The van der Waals surface area contributed by atoms with Gasteiger partial charge in [-0.3, -0.25) is 0 Å². The molecule has 4 nitrogen and oxygen atoms in total. The van der Waals surface area contributed by atoms with Crippen molar-refractivity contribution in [2.45, 2.75) is 13.3 Å². The maximum atomic E-state index is 5.76. The van der Waals surface area contributed by atoms with Crippen LogP contribution in [0.25, 0.3) is 22.8 Å². The van der Waals surface area contributed by atoms with E-state index in [9.17, 15) is 0 Å². The molecule has 0 spiro atoms. The molecule has 0 saturated heterocycles. The van der Waals surface area contributed by atoms with Crippen LogP contribution >= 0.6 is 0 Å². The molecule has 20 heavy (non-hydrogen) atoms. The highest BCUT2D eigenvalue weighted by molar-refractivity contribution is 5.63. The van der Waals surface area contributed by atoms with Crippen LogP contribution in [0.3, 0.4) is 0 Å². The molecule has 0 aliphatic rings. The van der Waals surface area contributed by atoms with E-state index < -0.39 is 0 Å². The molecule has 0 bridgehead atoms. The number of hydrogen-bond acceptors (Lipinski definition) is 4. The van der Waals surface area contributed by atoms with Crippen LogP contribution in [-0.4, -0.2) is 10.1 Å². The highest BCUT2D eigenvalue weighted by Crippen LogP contribution is 2.23. The fraction of sp³-hybridized carbons (Fsp3) is 0.125. The molecular weight excluding hydrogens is 250 g/mol. The minimum Gasteiger partial charge on any atom is -0.399 e. The van der Waals surface area contributed by atoms with Crippen molar-refractivity contribution in [1.82, 2.24) is 10.1 Å². The molecule has 1 aromatic heterocycles. The summed E-state index contributed by atoms with van der Waals surface area (Å²) in [4.78, 5) is 4.41. The smallest absolute Gasteiger partial charge is 0.258 e. The van der Waals surface area contributed by atoms with Gasteiger partial charge < -0.3 is 10.3 Å². The average molecular weight is 265 g/mol. The molecule has 0 saturated carbocycles. The van der Waals surface area contributed by atoms with Crippen molar-refractivity contribution in [3.63, 3.8) is 0 Å². The second-order valence-electron chi connectivity index (χ2n) is 4.60. The minimum absolute atomic E-state index is 0.519. The number of anilines is 1. The first-order chi connectivity index (χ1) is 9.76. The molecule has 0 aliphatic heterocycles. The van der Waals surface area contributed by atoms with E-state index in [1.54, 1.807) is 0 Å². The molecule has 0 aliphatic carbocycles. The van der Waals surface area contributed by atoms with E-state index in [4.69, 9.17) is 10.3 Å². The van der Waals surface area contributed by atoms with E-state index in [0.29, 0.717) is 17.4 Å². The molecule has 100 valence electrons. The number of benzene rings is 2. The highest BCUT2D eigenvalue weighted by Gasteiger charge is 2.10. The SMILES string of the molecule is CCc1ccc(-c2nc(-c3cccc(N)c3)no2)cc1. The third-order valence-corrected chi connectivity index (χ3v) is 3.18. The van der Waals surface area contributed by atoms with Gasteiger partial charge >= 0.3 is 0 Å². The van der Waals surface area contributed by atoms with Gasteiger partial charge in [0.1, 0.15) is 0 Å². The molecular formula is C16H15N3O. The number of rotatable bonds is 3. The van der Waals surface area contributed by atoms with Gasteiger partial charge in [-0.05, 0) is 36.2 Å². The summed E-state index contributed by atoms with van der Waals surface area (Å²) in [6.45, 7) is 2.12. The zero-order chi connectivity index (χ0) is 13.9. The fourth-order valence-electron chi connectivity index (χ4n) is 2.02. The molecule has 0 radical (unpaired) electrons. The van der Waals surface area contributed by atoms with Gasteiger partial charge in [-0.25, -0.2) is 0 Å². The maximum absolute atomic E-state index is 5.76. The van der Waals surface area contributed by atoms with Crippen LogP contribution < -0.4 is 5.73 Å². The van der Waals surface area contributed by atoms with Crippen molar-refractivity contribution in [3.05, 3.63) is 54.1 Å². The van der Waals surface area contributed by atoms with E-state index >= 15 is 0 Å². The van der Waals surface area contributed by atoms with Crippen LogP contribution in [0.1, 0.15) is 12.5 Å². The summed E-state index contributed by atoms with van der Waals surface area (Å²) in [5.74, 6) is 1.07. The summed E-state index contributed by atoms with van der Waals surface area (Å²) in [6, 6.07) is 15.6. The van der Waals surface area contributed by atoms with Gasteiger partial charge in [-0.15, -0.1) is 0 Å². The minimum atomic E-state index is 0.519. The Labute approximate surface area is 117 Å². The average Bonchev–Trinajstić information content (AvgIpc) is 2.97. The number of aromatic nitrogens is 2. The zero-order valence-electron chi connectivity index (χ0n) is 11.2. The third-order valence-electron chi connectivity index (χ3n) is 3.18. The van der Waals surface area contributed by atoms with Crippen molar-refractivity contribution in [1.29, 1.82) is 0 Å². The summed E-state index contributed by atoms with van der Waals surface area (Å²) >= 11 is 0. The van der Waals surface area contributed by atoms with Crippen LogP contribution in [0.2, 0.25) is 0 Å². The Morgan fingerprint density at radius 1 is 1.05 bits per heavy atom. The largest absolute Gasteiger partial charge is 0.399 e. The molecule has 2 aromatic carbocycles. The lowest BCUT2D eigenvalue weighted by Crippen LogP contribution is -1.86. The molecule has 0 unspecified atom stereocenters. The van der Waals surface area contributed by atoms with Crippen molar-refractivity contribution in [2.24, 2.45) is 0 Å². The topological polar surface area (TPSA) is 64.9 Å². The van der Waals surface area contributed by atoms with Crippen LogP contribution in [0, 0.1) is 0 Å². The third kappa shape index (κ3) is 2.40. The number of aryl methyl sites for hydroxylation is 1. The summed E-state index contributed by atoms with van der Waals surface area (Å²) in [7, 11) is 0. The number of hydrogen-bond donors (Lipinski definition) is 1. The van der Waals surface area contributed by atoms with Crippen LogP contribution in [0.15, 0.2) is 53.1 Å². The lowest BCUT2D eigenvalue weighted by Gasteiger charge is -1.97. The first-order valence-corrected chi connectivity index (χ1v) is 6.55. The molecule has 3 rings (SSSR count). The van der Waals surface area contributed by atoms with Crippen molar-refractivity contribution >= 4 is 5.69 Å². The number of nitrogens with zero attached hydrogens (tertiary/aromatic N) is 2. The first-order valence-electron chi connectivity index (χ1n) is 6.55. The zero-order valence-corrected chi connectivity index (χ0v) is 11.2. The van der Waals surface area contributed by atoms with Crippen LogP contribution in [0.4, 0.5) is 5.69 Å². The summed E-state index contributed by atoms with van der Waals surface area (Å²) in [5.41, 5.74) is 9.50. The second-order valence-corrected chi connectivity index (χ2v) is 4.60. The molecule has 4 heteroatoms. The molecule has 1 heterocycles. The summed E-state index contributed by atoms with van der Waals surface area (Å²) in [5, 5.41) is 4.00. The van der Waals surface area contributed by atoms with Gasteiger partial charge in [-0.1, -0.05) is 36.3 Å². The van der Waals surface area contributed by atoms with Gasteiger partial charge in [0.25, 0.3) is 5.89 Å². The lowest BCUT2D eigenvalue weighted by atomic mass is 10.1. The molecule has 0 atom stereocenters. The van der Waals surface area contributed by atoms with Gasteiger partial charge in [-0.2, -0.15) is 4.98 Å². The van der Waals surface area contributed by atoms with Crippen molar-refractivity contribution in [2.75, 3.05) is 5.73 Å². The Morgan fingerprint density at radius 3 is 2.55 bits per heavy atom. The Bertz CT molecular complexity index is 717. The highest BCUT2D eigenvalue weighted by atomic mass is 16.5. The predicted octanol–water partition coefficient (Wildman–Crippen LogP) is 3.55. The first kappa shape index (κ1) is 12.4. The van der Waals surface area contributed by atoms with E-state index in [1.165, 1.54) is 5.56 Å². The maximum Gasteiger partial charge on any atom is 0.258 e. The fourth-order valence-corrected chi connectivity index (χ4v) is 2.02. The molecule has 0 fully saturated rings. The standard InChI is InChI=1S/C16H15N3O/c1-2-11-6-8-12(9-7-11)16-18-15(19-20-16)13-4-3-5-14(17)10-13/h3-10H,2,17H2,1H3. The Hall–Kier alpha value is -2.62. The molecule has 3 aromatic rings. The van der Waals surface area contributed by atoms with Gasteiger partial charge in [0, 0.05) is 16.8 Å². The summed E-state index contributed by atoms with van der Waals surface area (Å²) in [6.07, 6.45) is 1.01. The molecule has 0 amide bonds. The van der Waals surface area contributed by atoms with Crippen molar-refractivity contribution in [3.8, 4) is 22.8 Å². The predicted molar refractivity (Wildman–Crippen MR) is 79.0 cm³/mol. The normalized spacial score (nSPS) is 10.7. The number of nitrogens with two attached hydrogens (primary N) is 1. The van der Waals surface area contributed by atoms with E-state index in [1.807, 2.05) is 36.4 Å². The van der Waals surface area contributed by atoms with Crippen LogP contribution in [0.5, 0.6) is 0 Å². The van der Waals surface area contributed by atoms with E-state index in [-0.39, 0.29) is 0 Å². The Balaban J connectivity index is 1.93.